The highest BCUT2D eigenvalue weighted by atomic mass is 15.3. The van der Waals surface area contributed by atoms with E-state index in [0.29, 0.717) is 0 Å². The van der Waals surface area contributed by atoms with Crippen LogP contribution in [0.2, 0.25) is 0 Å². The molecule has 0 aromatic carbocycles. The van der Waals surface area contributed by atoms with Crippen LogP contribution in [0, 0.1) is 18.8 Å². The molecular weight excluding hydrogens is 226 g/mol. The maximum absolute atomic E-state index is 4.37. The van der Waals surface area contributed by atoms with Crippen LogP contribution in [-0.4, -0.2) is 26.1 Å². The molecule has 5 heteroatoms. The molecular formula is C13H19N5. The lowest BCUT2D eigenvalue weighted by molar-refractivity contribution is 0.439. The first-order valence-corrected chi connectivity index (χ1v) is 6.66. The van der Waals surface area contributed by atoms with Crippen molar-refractivity contribution in [1.29, 1.82) is 0 Å². The minimum atomic E-state index is 0.760. The molecule has 2 unspecified atom stereocenters. The highest BCUT2D eigenvalue weighted by Crippen LogP contribution is 2.31. The Morgan fingerprint density at radius 2 is 2.28 bits per heavy atom. The van der Waals surface area contributed by atoms with Gasteiger partial charge in [-0.05, 0) is 25.2 Å². The maximum Gasteiger partial charge on any atom is 0.203 e. The average Bonchev–Trinajstić information content (AvgIpc) is 2.95. The number of rotatable bonds is 3. The molecule has 0 saturated heterocycles. The Morgan fingerprint density at radius 1 is 1.39 bits per heavy atom. The van der Waals surface area contributed by atoms with Crippen molar-refractivity contribution in [1.82, 2.24) is 19.6 Å². The van der Waals surface area contributed by atoms with Crippen LogP contribution in [0.15, 0.2) is 12.4 Å². The van der Waals surface area contributed by atoms with Crippen LogP contribution in [0.5, 0.6) is 0 Å². The molecule has 2 aromatic heterocycles. The fraction of sp³-hybridized carbons (Fsp3) is 0.615. The molecule has 3 rings (SSSR count). The highest BCUT2D eigenvalue weighted by molar-refractivity contribution is 5.61. The molecule has 18 heavy (non-hydrogen) atoms. The number of nitrogens with one attached hydrogen (secondary N) is 1. The normalized spacial score (nSPS) is 23.7. The largest absolute Gasteiger partial charge is 0.367 e. The van der Waals surface area contributed by atoms with Crippen LogP contribution in [0.4, 0.5) is 5.82 Å². The molecule has 1 fully saturated rings. The van der Waals surface area contributed by atoms with Gasteiger partial charge in [0.05, 0.1) is 0 Å². The van der Waals surface area contributed by atoms with E-state index in [1.165, 1.54) is 19.3 Å². The molecule has 0 aliphatic heterocycles. The maximum atomic E-state index is 4.37. The van der Waals surface area contributed by atoms with Crippen LogP contribution in [0.1, 0.15) is 32.0 Å². The van der Waals surface area contributed by atoms with E-state index in [-0.39, 0.29) is 0 Å². The number of hydrogen-bond acceptors (Lipinski definition) is 4. The van der Waals surface area contributed by atoms with E-state index < -0.39 is 0 Å². The molecule has 2 atom stereocenters. The molecule has 5 nitrogen and oxygen atoms in total. The second kappa shape index (κ2) is 4.55. The molecule has 96 valence electrons. The first kappa shape index (κ1) is 11.4. The molecule has 0 radical (unpaired) electrons. The summed E-state index contributed by atoms with van der Waals surface area (Å²) in [6.45, 7) is 5.27. The third-order valence-corrected chi connectivity index (χ3v) is 4.07. The molecule has 1 saturated carbocycles. The van der Waals surface area contributed by atoms with Crippen molar-refractivity contribution >= 4 is 11.5 Å². The summed E-state index contributed by atoms with van der Waals surface area (Å²) in [5, 5.41) is 11.7. The van der Waals surface area contributed by atoms with Gasteiger partial charge < -0.3 is 5.32 Å². The van der Waals surface area contributed by atoms with Crippen LogP contribution in [0.25, 0.3) is 5.65 Å². The van der Waals surface area contributed by atoms with Crippen LogP contribution in [0.3, 0.4) is 0 Å². The monoisotopic (exact) mass is 245 g/mol. The van der Waals surface area contributed by atoms with E-state index in [1.54, 1.807) is 6.20 Å². The van der Waals surface area contributed by atoms with Crippen molar-refractivity contribution in [2.75, 3.05) is 11.9 Å². The quantitative estimate of drug-likeness (QED) is 0.901. The van der Waals surface area contributed by atoms with Gasteiger partial charge >= 0.3 is 0 Å². The lowest BCUT2D eigenvalue weighted by Gasteiger charge is -2.16. The third-order valence-electron chi connectivity index (χ3n) is 4.07. The smallest absolute Gasteiger partial charge is 0.203 e. The van der Waals surface area contributed by atoms with E-state index in [0.717, 1.165) is 35.7 Å². The average molecular weight is 245 g/mol. The fourth-order valence-corrected chi connectivity index (χ4v) is 2.82. The second-order valence-corrected chi connectivity index (χ2v) is 5.27. The van der Waals surface area contributed by atoms with Crippen LogP contribution >= 0.6 is 0 Å². The molecule has 2 heterocycles. The van der Waals surface area contributed by atoms with Gasteiger partial charge in [0.25, 0.3) is 0 Å². The van der Waals surface area contributed by atoms with Gasteiger partial charge in [-0.1, -0.05) is 19.8 Å². The zero-order valence-electron chi connectivity index (χ0n) is 10.9. The van der Waals surface area contributed by atoms with Gasteiger partial charge in [0.15, 0.2) is 5.82 Å². The van der Waals surface area contributed by atoms with Crippen molar-refractivity contribution in [3.05, 3.63) is 18.2 Å². The van der Waals surface area contributed by atoms with Crippen LogP contribution in [-0.2, 0) is 0 Å². The number of nitrogens with zero attached hydrogens (tertiary/aromatic N) is 4. The van der Waals surface area contributed by atoms with Gasteiger partial charge in [0.1, 0.15) is 5.82 Å². The number of aryl methyl sites for hydroxylation is 1. The Labute approximate surface area is 107 Å². The van der Waals surface area contributed by atoms with Crippen molar-refractivity contribution in [2.45, 2.75) is 33.1 Å². The number of fused-ring (bicyclic) bond motifs is 1. The van der Waals surface area contributed by atoms with Crippen molar-refractivity contribution < 1.29 is 0 Å². The predicted octanol–water partition coefficient (Wildman–Crippen LogP) is 2.28. The van der Waals surface area contributed by atoms with Gasteiger partial charge in [0, 0.05) is 18.9 Å². The summed E-state index contributed by atoms with van der Waals surface area (Å²) in [5.74, 6) is 3.31. The molecule has 2 aromatic rings. The molecule has 0 amide bonds. The number of aromatic nitrogens is 4. The van der Waals surface area contributed by atoms with Crippen LogP contribution < -0.4 is 5.32 Å². The molecule has 1 N–H and O–H groups in total. The number of anilines is 1. The Hall–Kier alpha value is -1.65. The summed E-state index contributed by atoms with van der Waals surface area (Å²) in [7, 11) is 0. The topological polar surface area (TPSA) is 55.1 Å². The zero-order valence-corrected chi connectivity index (χ0v) is 10.9. The Morgan fingerprint density at radius 3 is 3.06 bits per heavy atom. The summed E-state index contributed by atoms with van der Waals surface area (Å²) in [6, 6.07) is 0. The highest BCUT2D eigenvalue weighted by Gasteiger charge is 2.23. The van der Waals surface area contributed by atoms with Gasteiger partial charge in [-0.25, -0.2) is 4.98 Å². The molecule has 0 spiro atoms. The van der Waals surface area contributed by atoms with Crippen molar-refractivity contribution in [3.63, 3.8) is 0 Å². The van der Waals surface area contributed by atoms with Gasteiger partial charge in [0.2, 0.25) is 5.65 Å². The number of hydrogen-bond donors (Lipinski definition) is 1. The third kappa shape index (κ3) is 1.94. The standard InChI is InChI=1S/C13H19N5/c1-9-4-3-5-11(9)8-15-12-13-17-16-10(2)18(13)7-6-14-12/h6-7,9,11H,3-5,8H2,1-2H3,(H,14,15). The van der Waals surface area contributed by atoms with E-state index in [2.05, 4.69) is 27.4 Å². The first-order valence-electron chi connectivity index (χ1n) is 6.66. The fourth-order valence-electron chi connectivity index (χ4n) is 2.82. The van der Waals surface area contributed by atoms with E-state index >= 15 is 0 Å². The molecule has 0 bridgehead atoms. The molecule has 1 aliphatic rings. The van der Waals surface area contributed by atoms with Gasteiger partial charge in [-0.3, -0.25) is 4.40 Å². The van der Waals surface area contributed by atoms with Crippen molar-refractivity contribution in [2.24, 2.45) is 11.8 Å². The first-order chi connectivity index (χ1) is 8.75. The zero-order chi connectivity index (χ0) is 12.5. The molecule has 1 aliphatic carbocycles. The van der Waals surface area contributed by atoms with E-state index in [4.69, 9.17) is 0 Å². The summed E-state index contributed by atoms with van der Waals surface area (Å²) in [4.78, 5) is 4.37. The van der Waals surface area contributed by atoms with Crippen molar-refractivity contribution in [3.8, 4) is 0 Å². The minimum absolute atomic E-state index is 0.760. The minimum Gasteiger partial charge on any atom is -0.367 e. The van der Waals surface area contributed by atoms with Gasteiger partial charge in [-0.15, -0.1) is 10.2 Å². The predicted molar refractivity (Wildman–Crippen MR) is 70.5 cm³/mol. The summed E-state index contributed by atoms with van der Waals surface area (Å²) >= 11 is 0. The summed E-state index contributed by atoms with van der Waals surface area (Å²) in [5.41, 5.74) is 0.820. The second-order valence-electron chi connectivity index (χ2n) is 5.27. The van der Waals surface area contributed by atoms with Gasteiger partial charge in [-0.2, -0.15) is 0 Å². The Balaban J connectivity index is 1.78. The summed E-state index contributed by atoms with van der Waals surface area (Å²) in [6.07, 6.45) is 7.73. The summed E-state index contributed by atoms with van der Waals surface area (Å²) < 4.78 is 1.97. The van der Waals surface area contributed by atoms with E-state index in [9.17, 15) is 0 Å². The lowest BCUT2D eigenvalue weighted by atomic mass is 9.98. The SMILES string of the molecule is Cc1nnc2c(NCC3CCCC3C)nccn12. The Bertz CT molecular complexity index is 547. The van der Waals surface area contributed by atoms with E-state index in [1.807, 2.05) is 17.5 Å². The Kier molecular flexibility index (Phi) is 2.89. The lowest BCUT2D eigenvalue weighted by Crippen LogP contribution is -2.17.